The molecule has 3 heterocycles. The minimum atomic E-state index is -0.395. The summed E-state index contributed by atoms with van der Waals surface area (Å²) in [5.74, 6) is 1.74. The SMILES string of the molecule is Cl.NC1(c2noc(Cc3coc(-c4cccs4)n3)n2)CCC1. The highest BCUT2D eigenvalue weighted by atomic mass is 35.5. The molecule has 4 rings (SSSR count). The van der Waals surface area contributed by atoms with E-state index in [4.69, 9.17) is 14.7 Å². The first-order chi connectivity index (χ1) is 10.2. The van der Waals surface area contributed by atoms with Gasteiger partial charge in [-0.2, -0.15) is 4.98 Å². The maximum absolute atomic E-state index is 6.18. The van der Waals surface area contributed by atoms with E-state index in [0.29, 0.717) is 24.0 Å². The highest BCUT2D eigenvalue weighted by Crippen LogP contribution is 2.37. The van der Waals surface area contributed by atoms with Crippen LogP contribution < -0.4 is 5.73 Å². The molecule has 22 heavy (non-hydrogen) atoms. The Labute approximate surface area is 137 Å². The Balaban J connectivity index is 0.00000144. The summed E-state index contributed by atoms with van der Waals surface area (Å²) in [5, 5.41) is 5.98. The van der Waals surface area contributed by atoms with Crippen LogP contribution in [-0.4, -0.2) is 15.1 Å². The molecule has 6 nitrogen and oxygen atoms in total. The number of hydrogen-bond acceptors (Lipinski definition) is 7. The lowest BCUT2D eigenvalue weighted by Gasteiger charge is -2.34. The van der Waals surface area contributed by atoms with Crippen LogP contribution in [0.4, 0.5) is 0 Å². The van der Waals surface area contributed by atoms with Gasteiger partial charge in [-0.1, -0.05) is 11.2 Å². The number of aromatic nitrogens is 3. The van der Waals surface area contributed by atoms with Crippen LogP contribution in [0.3, 0.4) is 0 Å². The summed E-state index contributed by atoms with van der Waals surface area (Å²) in [6.45, 7) is 0. The van der Waals surface area contributed by atoms with E-state index in [-0.39, 0.29) is 12.4 Å². The van der Waals surface area contributed by atoms with Gasteiger partial charge in [0.2, 0.25) is 11.8 Å². The third kappa shape index (κ3) is 2.67. The van der Waals surface area contributed by atoms with Gasteiger partial charge >= 0.3 is 0 Å². The molecule has 0 aliphatic heterocycles. The van der Waals surface area contributed by atoms with Gasteiger partial charge in [0.15, 0.2) is 5.82 Å². The molecule has 0 unspecified atom stereocenters. The van der Waals surface area contributed by atoms with E-state index in [1.165, 1.54) is 0 Å². The van der Waals surface area contributed by atoms with Crippen molar-refractivity contribution < 1.29 is 8.94 Å². The molecule has 0 radical (unpaired) electrons. The molecular weight excluding hydrogens is 324 g/mol. The molecular formula is C14H15ClN4O2S. The summed E-state index contributed by atoms with van der Waals surface area (Å²) < 4.78 is 10.7. The smallest absolute Gasteiger partial charge is 0.236 e. The molecule has 1 aliphatic carbocycles. The Kier molecular flexibility index (Phi) is 4.03. The van der Waals surface area contributed by atoms with Gasteiger partial charge in [0.1, 0.15) is 6.26 Å². The minimum Gasteiger partial charge on any atom is -0.444 e. The molecule has 3 aromatic rings. The van der Waals surface area contributed by atoms with E-state index < -0.39 is 5.54 Å². The Bertz CT molecular complexity index is 749. The first-order valence-electron chi connectivity index (χ1n) is 6.83. The van der Waals surface area contributed by atoms with Gasteiger partial charge in [-0.3, -0.25) is 0 Å². The molecule has 0 amide bonds. The van der Waals surface area contributed by atoms with Crippen molar-refractivity contribution in [2.75, 3.05) is 0 Å². The van der Waals surface area contributed by atoms with Gasteiger partial charge in [0, 0.05) is 0 Å². The first kappa shape index (κ1) is 15.2. The van der Waals surface area contributed by atoms with Crippen LogP contribution in [0.1, 0.15) is 36.7 Å². The second-order valence-corrected chi connectivity index (χ2v) is 6.27. The fourth-order valence-electron chi connectivity index (χ4n) is 2.37. The molecule has 3 aromatic heterocycles. The normalized spacial score (nSPS) is 16.0. The van der Waals surface area contributed by atoms with Crippen molar-refractivity contribution in [3.05, 3.63) is 41.2 Å². The molecule has 0 aromatic carbocycles. The average molecular weight is 339 g/mol. The number of nitrogens with two attached hydrogens (primary N) is 1. The Hall–Kier alpha value is -1.70. The second-order valence-electron chi connectivity index (χ2n) is 5.32. The van der Waals surface area contributed by atoms with Crippen LogP contribution in [0.5, 0.6) is 0 Å². The number of thiophene rings is 1. The van der Waals surface area contributed by atoms with Gasteiger partial charge in [0.05, 0.1) is 22.5 Å². The molecule has 0 saturated heterocycles. The van der Waals surface area contributed by atoms with Crippen LogP contribution >= 0.6 is 23.7 Å². The van der Waals surface area contributed by atoms with Crippen LogP contribution in [0, 0.1) is 0 Å². The fourth-order valence-corrected chi connectivity index (χ4v) is 3.02. The molecule has 2 N–H and O–H groups in total. The number of nitrogens with zero attached hydrogens (tertiary/aromatic N) is 3. The largest absolute Gasteiger partial charge is 0.444 e. The van der Waals surface area contributed by atoms with Crippen LogP contribution in [0.25, 0.3) is 10.8 Å². The maximum atomic E-state index is 6.18. The van der Waals surface area contributed by atoms with Gasteiger partial charge in [0.25, 0.3) is 0 Å². The summed E-state index contributed by atoms with van der Waals surface area (Å²) in [4.78, 5) is 9.83. The molecule has 8 heteroatoms. The fraction of sp³-hybridized carbons (Fsp3) is 0.357. The average Bonchev–Trinajstić information content (AvgIpc) is 3.17. The zero-order valence-corrected chi connectivity index (χ0v) is 13.3. The predicted molar refractivity (Wildman–Crippen MR) is 83.9 cm³/mol. The first-order valence-corrected chi connectivity index (χ1v) is 7.71. The summed E-state index contributed by atoms with van der Waals surface area (Å²) in [6.07, 6.45) is 5.03. The lowest BCUT2D eigenvalue weighted by atomic mass is 9.77. The van der Waals surface area contributed by atoms with Crippen molar-refractivity contribution in [2.24, 2.45) is 5.73 Å². The molecule has 1 fully saturated rings. The van der Waals surface area contributed by atoms with E-state index in [1.807, 2.05) is 17.5 Å². The lowest BCUT2D eigenvalue weighted by Crippen LogP contribution is -2.44. The summed E-state index contributed by atoms with van der Waals surface area (Å²) in [6, 6.07) is 3.94. The maximum Gasteiger partial charge on any atom is 0.236 e. The number of rotatable bonds is 4. The van der Waals surface area contributed by atoms with Crippen molar-refractivity contribution in [1.29, 1.82) is 0 Å². The second kappa shape index (κ2) is 5.83. The quantitative estimate of drug-likeness (QED) is 0.785. The predicted octanol–water partition coefficient (Wildman–Crippen LogP) is 3.14. The van der Waals surface area contributed by atoms with E-state index in [9.17, 15) is 0 Å². The summed E-state index contributed by atoms with van der Waals surface area (Å²) >= 11 is 1.59. The Morgan fingerprint density at radius 2 is 2.18 bits per heavy atom. The molecule has 1 aliphatic rings. The van der Waals surface area contributed by atoms with E-state index in [0.717, 1.165) is 29.8 Å². The lowest BCUT2D eigenvalue weighted by molar-refractivity contribution is 0.229. The number of halogens is 1. The third-order valence-electron chi connectivity index (χ3n) is 3.78. The molecule has 0 atom stereocenters. The van der Waals surface area contributed by atoms with Gasteiger partial charge in [-0.15, -0.1) is 23.7 Å². The minimum absolute atomic E-state index is 0. The van der Waals surface area contributed by atoms with E-state index in [1.54, 1.807) is 17.6 Å². The van der Waals surface area contributed by atoms with E-state index in [2.05, 4.69) is 15.1 Å². The van der Waals surface area contributed by atoms with Gasteiger partial charge in [-0.05, 0) is 30.7 Å². The van der Waals surface area contributed by atoms with Gasteiger partial charge < -0.3 is 14.7 Å². The highest BCUT2D eigenvalue weighted by Gasteiger charge is 2.38. The molecule has 0 spiro atoms. The summed E-state index contributed by atoms with van der Waals surface area (Å²) in [7, 11) is 0. The Morgan fingerprint density at radius 1 is 1.32 bits per heavy atom. The van der Waals surface area contributed by atoms with Crippen LogP contribution in [-0.2, 0) is 12.0 Å². The van der Waals surface area contributed by atoms with Crippen molar-refractivity contribution in [2.45, 2.75) is 31.2 Å². The highest BCUT2D eigenvalue weighted by molar-refractivity contribution is 7.13. The standard InChI is InChI=1S/C14H14N4O2S.ClH/c15-14(4-2-5-14)13-17-11(20-18-13)7-9-8-19-12(16-9)10-3-1-6-21-10;/h1,3,6,8H,2,4-5,7,15H2;1H. The van der Waals surface area contributed by atoms with Crippen LogP contribution in [0.15, 0.2) is 32.7 Å². The van der Waals surface area contributed by atoms with Crippen molar-refractivity contribution in [1.82, 2.24) is 15.1 Å². The topological polar surface area (TPSA) is 91.0 Å². The van der Waals surface area contributed by atoms with Crippen molar-refractivity contribution in [3.63, 3.8) is 0 Å². The molecule has 116 valence electrons. The Morgan fingerprint density at radius 3 is 2.86 bits per heavy atom. The monoisotopic (exact) mass is 338 g/mol. The molecule has 1 saturated carbocycles. The van der Waals surface area contributed by atoms with Crippen molar-refractivity contribution in [3.8, 4) is 10.8 Å². The summed E-state index contributed by atoms with van der Waals surface area (Å²) in [5.41, 5.74) is 6.56. The number of hydrogen-bond donors (Lipinski definition) is 1. The molecule has 0 bridgehead atoms. The zero-order valence-electron chi connectivity index (χ0n) is 11.7. The van der Waals surface area contributed by atoms with Crippen LogP contribution in [0.2, 0.25) is 0 Å². The van der Waals surface area contributed by atoms with Gasteiger partial charge in [-0.25, -0.2) is 4.98 Å². The van der Waals surface area contributed by atoms with E-state index >= 15 is 0 Å². The number of oxazole rings is 1. The van der Waals surface area contributed by atoms with Crippen molar-refractivity contribution >= 4 is 23.7 Å². The third-order valence-corrected chi connectivity index (χ3v) is 4.63. The zero-order chi connectivity index (χ0) is 14.3.